The molecule has 4 rings (SSSR count). The molecule has 0 bridgehead atoms. The first kappa shape index (κ1) is 28.2. The smallest absolute Gasteiger partial charge is 0.159 e. The highest BCUT2D eigenvalue weighted by Gasteiger charge is 2.69. The van der Waals surface area contributed by atoms with E-state index in [4.69, 9.17) is 0 Å². The molecular weight excluding hydrogens is 460 g/mol. The first-order valence-corrected chi connectivity index (χ1v) is 14.0. The molecule has 0 aliphatic heterocycles. The van der Waals surface area contributed by atoms with Crippen molar-refractivity contribution >= 4 is 5.78 Å². The van der Waals surface area contributed by atoms with Gasteiger partial charge in [0.1, 0.15) is 0 Å². The molecule has 12 atom stereocenters. The largest absolute Gasteiger partial charge is 0.396 e. The maximum Gasteiger partial charge on any atom is 0.159 e. The van der Waals surface area contributed by atoms with E-state index >= 15 is 0 Å². The molecule has 3 saturated carbocycles. The molecule has 0 radical (unpaired) electrons. The van der Waals surface area contributed by atoms with Crippen LogP contribution in [0.15, 0.2) is 11.6 Å². The quantitative estimate of drug-likeness (QED) is 0.310. The third kappa shape index (κ3) is 3.95. The van der Waals surface area contributed by atoms with E-state index in [-0.39, 0.29) is 48.4 Å². The minimum Gasteiger partial charge on any atom is -0.396 e. The first-order valence-electron chi connectivity index (χ1n) is 14.0. The lowest BCUT2D eigenvalue weighted by Gasteiger charge is -2.60. The van der Waals surface area contributed by atoms with Crippen LogP contribution in [0.5, 0.6) is 0 Å². The van der Waals surface area contributed by atoms with Crippen molar-refractivity contribution in [3.05, 3.63) is 11.6 Å². The average molecular weight is 509 g/mol. The Kier molecular flexibility index (Phi) is 7.38. The molecule has 1 unspecified atom stereocenters. The van der Waals surface area contributed by atoms with Crippen LogP contribution < -0.4 is 0 Å². The third-order valence-electron chi connectivity index (χ3n) is 11.6. The average Bonchev–Trinajstić information content (AvgIpc) is 3.10. The Hall–Kier alpha value is -0.830. The van der Waals surface area contributed by atoms with E-state index < -0.39 is 40.3 Å². The summed E-state index contributed by atoms with van der Waals surface area (Å²) in [5.74, 6) is -0.824. The Bertz CT molecular complexity index is 885. The van der Waals surface area contributed by atoms with Crippen LogP contribution in [0.2, 0.25) is 0 Å². The van der Waals surface area contributed by atoms with Crippen LogP contribution >= 0.6 is 0 Å². The summed E-state index contributed by atoms with van der Waals surface area (Å²) in [7, 11) is 0. The van der Waals surface area contributed by atoms with Crippen molar-refractivity contribution in [1.82, 2.24) is 0 Å². The van der Waals surface area contributed by atoms with E-state index in [2.05, 4.69) is 0 Å². The molecule has 0 aromatic carbocycles. The molecular formula is C29H48O7. The monoisotopic (exact) mass is 508 g/mol. The number of hydrogen-bond acceptors (Lipinski definition) is 7. The second-order valence-corrected chi connectivity index (χ2v) is 13.4. The molecule has 4 aliphatic carbocycles. The Morgan fingerprint density at radius 1 is 1.14 bits per heavy atom. The minimum atomic E-state index is -1.44. The topological polar surface area (TPSA) is 138 Å². The van der Waals surface area contributed by atoms with Gasteiger partial charge in [-0.15, -0.1) is 0 Å². The van der Waals surface area contributed by atoms with E-state index in [1.807, 2.05) is 27.7 Å². The van der Waals surface area contributed by atoms with Gasteiger partial charge < -0.3 is 30.6 Å². The molecule has 7 heteroatoms. The van der Waals surface area contributed by atoms with Crippen LogP contribution in [0.25, 0.3) is 0 Å². The van der Waals surface area contributed by atoms with E-state index in [9.17, 15) is 35.4 Å². The molecule has 0 aromatic heterocycles. The normalized spacial score (nSPS) is 46.6. The summed E-state index contributed by atoms with van der Waals surface area (Å²) < 4.78 is 0. The van der Waals surface area contributed by atoms with Crippen LogP contribution in [-0.4, -0.2) is 72.5 Å². The Morgan fingerprint density at radius 3 is 2.42 bits per heavy atom. The fourth-order valence-corrected chi connectivity index (χ4v) is 9.02. The molecule has 7 nitrogen and oxygen atoms in total. The van der Waals surface area contributed by atoms with E-state index in [0.717, 1.165) is 18.4 Å². The number of rotatable bonds is 7. The summed E-state index contributed by atoms with van der Waals surface area (Å²) in [5, 5.41) is 65.7. The number of aliphatic hydroxyl groups excluding tert-OH is 4. The van der Waals surface area contributed by atoms with Gasteiger partial charge >= 0.3 is 0 Å². The molecule has 0 amide bonds. The van der Waals surface area contributed by atoms with Crippen molar-refractivity contribution in [2.24, 2.45) is 40.4 Å². The summed E-state index contributed by atoms with van der Waals surface area (Å²) in [6.45, 7) is 9.70. The van der Waals surface area contributed by atoms with Crippen LogP contribution in [0.1, 0.15) is 86.0 Å². The van der Waals surface area contributed by atoms with Gasteiger partial charge in [0, 0.05) is 17.9 Å². The number of carbonyl (C=O) groups is 1. The van der Waals surface area contributed by atoms with Gasteiger partial charge in [-0.3, -0.25) is 4.79 Å². The number of carbonyl (C=O) groups excluding carboxylic acids is 1. The van der Waals surface area contributed by atoms with E-state index in [1.54, 1.807) is 13.0 Å². The summed E-state index contributed by atoms with van der Waals surface area (Å²) in [6, 6.07) is 0. The van der Waals surface area contributed by atoms with Crippen LogP contribution in [0.4, 0.5) is 0 Å². The van der Waals surface area contributed by atoms with Crippen molar-refractivity contribution in [1.29, 1.82) is 0 Å². The predicted molar refractivity (Wildman–Crippen MR) is 136 cm³/mol. The van der Waals surface area contributed by atoms with Crippen molar-refractivity contribution < 1.29 is 35.4 Å². The number of ketones is 1. The van der Waals surface area contributed by atoms with Gasteiger partial charge in [0.2, 0.25) is 0 Å². The van der Waals surface area contributed by atoms with Gasteiger partial charge in [0.05, 0.1) is 29.5 Å². The SMILES string of the molecule is CC[C@H](C[C@@H](O)[C@](C)(O)[C@H]1CC[C@@]2(O)C3=CC(=O)[C@@H]4C[C@@H](O)[C@@H](O)C[C@]4(C)[C@H]3CC[C@]12C)C(C)CO. The van der Waals surface area contributed by atoms with Gasteiger partial charge in [0.25, 0.3) is 0 Å². The number of hydrogen-bond donors (Lipinski definition) is 6. The maximum atomic E-state index is 13.3. The van der Waals surface area contributed by atoms with E-state index in [1.165, 1.54) is 0 Å². The molecule has 6 N–H and O–H groups in total. The van der Waals surface area contributed by atoms with Crippen LogP contribution in [-0.2, 0) is 4.79 Å². The van der Waals surface area contributed by atoms with Gasteiger partial charge in [0.15, 0.2) is 5.78 Å². The molecule has 0 spiro atoms. The van der Waals surface area contributed by atoms with Crippen LogP contribution in [0, 0.1) is 40.4 Å². The molecule has 4 aliphatic rings. The zero-order valence-electron chi connectivity index (χ0n) is 22.7. The second kappa shape index (κ2) is 9.42. The molecule has 0 heterocycles. The summed E-state index contributed by atoms with van der Waals surface area (Å²) in [5.41, 5.74) is -3.26. The molecule has 36 heavy (non-hydrogen) atoms. The van der Waals surface area contributed by atoms with Gasteiger partial charge in [-0.05, 0) is 92.6 Å². The lowest BCUT2D eigenvalue weighted by Crippen LogP contribution is -2.63. The molecule has 206 valence electrons. The minimum absolute atomic E-state index is 0.0171. The summed E-state index contributed by atoms with van der Waals surface area (Å²) in [6.07, 6.45) is 2.83. The van der Waals surface area contributed by atoms with Crippen molar-refractivity contribution in [2.75, 3.05) is 6.61 Å². The predicted octanol–water partition coefficient (Wildman–Crippen LogP) is 2.35. The lowest BCUT2D eigenvalue weighted by atomic mass is 9.45. The van der Waals surface area contributed by atoms with Gasteiger partial charge in [-0.2, -0.15) is 0 Å². The van der Waals surface area contributed by atoms with Crippen LogP contribution in [0.3, 0.4) is 0 Å². The number of aliphatic hydroxyl groups is 6. The molecule has 3 fully saturated rings. The summed E-state index contributed by atoms with van der Waals surface area (Å²) >= 11 is 0. The van der Waals surface area contributed by atoms with Crippen molar-refractivity contribution in [3.63, 3.8) is 0 Å². The zero-order valence-corrected chi connectivity index (χ0v) is 22.7. The second-order valence-electron chi connectivity index (χ2n) is 13.4. The van der Waals surface area contributed by atoms with Gasteiger partial charge in [-0.1, -0.05) is 34.1 Å². The summed E-state index contributed by atoms with van der Waals surface area (Å²) in [4.78, 5) is 13.3. The highest BCUT2D eigenvalue weighted by atomic mass is 16.3. The first-order chi connectivity index (χ1) is 16.7. The Morgan fingerprint density at radius 2 is 1.81 bits per heavy atom. The maximum absolute atomic E-state index is 13.3. The highest BCUT2D eigenvalue weighted by Crippen LogP contribution is 2.68. The van der Waals surface area contributed by atoms with E-state index in [0.29, 0.717) is 32.1 Å². The number of allylic oxidation sites excluding steroid dienone is 1. The fraction of sp³-hybridized carbons (Fsp3) is 0.897. The van der Waals surface area contributed by atoms with Crippen molar-refractivity contribution in [2.45, 2.75) is 115 Å². The number of fused-ring (bicyclic) bond motifs is 5. The fourth-order valence-electron chi connectivity index (χ4n) is 9.02. The standard InChI is InChI=1S/C29H48O7/c1-6-17(16(2)15-30)11-25(34)28(5,35)24-8-10-29(36)19-12-21(31)20-13-22(32)23(33)14-26(20,3)18(19)7-9-27(24,29)4/h12,16-18,20,22-25,30,32-36H,6-11,13-15H2,1-5H3/t16?,17-,18+,20+,22-,23+,24+,25-,26-,27-,28-,29-/m1/s1. The Balaban J connectivity index is 1.65. The van der Waals surface area contributed by atoms with Gasteiger partial charge in [-0.25, -0.2) is 0 Å². The zero-order chi connectivity index (χ0) is 26.8. The Labute approximate surface area is 215 Å². The lowest BCUT2D eigenvalue weighted by molar-refractivity contribution is -0.178. The molecule has 0 saturated heterocycles. The highest BCUT2D eigenvalue weighted by molar-refractivity contribution is 5.95. The third-order valence-corrected chi connectivity index (χ3v) is 11.6. The molecule has 0 aromatic rings. The van der Waals surface area contributed by atoms with Crippen molar-refractivity contribution in [3.8, 4) is 0 Å².